The predicted octanol–water partition coefficient (Wildman–Crippen LogP) is 5.24. The van der Waals surface area contributed by atoms with E-state index < -0.39 is 11.7 Å². The Bertz CT molecular complexity index is 1020. The zero-order chi connectivity index (χ0) is 18.5. The molecular weight excluding hydrogens is 354 g/mol. The SMILES string of the molecule is N#C/C(=C\c1ccc(-c2ccc(F)cc2)s1)C(=O)Nc1ccccc1F. The van der Waals surface area contributed by atoms with Crippen molar-refractivity contribution < 1.29 is 13.6 Å². The molecule has 3 nitrogen and oxygen atoms in total. The molecule has 0 saturated carbocycles. The number of anilines is 1. The second-order valence-corrected chi connectivity index (χ2v) is 6.43. The van der Waals surface area contributed by atoms with Crippen LogP contribution in [0.1, 0.15) is 4.88 Å². The van der Waals surface area contributed by atoms with Gasteiger partial charge >= 0.3 is 0 Å². The maximum Gasteiger partial charge on any atom is 0.266 e. The van der Waals surface area contributed by atoms with Gasteiger partial charge in [-0.05, 0) is 48.0 Å². The number of carbonyl (C=O) groups is 1. The molecule has 2 aromatic carbocycles. The molecule has 26 heavy (non-hydrogen) atoms. The van der Waals surface area contributed by atoms with E-state index in [1.807, 2.05) is 12.1 Å². The van der Waals surface area contributed by atoms with Gasteiger partial charge < -0.3 is 5.32 Å². The maximum atomic E-state index is 13.6. The Labute approximate surface area is 152 Å². The van der Waals surface area contributed by atoms with E-state index >= 15 is 0 Å². The Hall–Kier alpha value is -3.30. The molecule has 0 aliphatic heterocycles. The summed E-state index contributed by atoms with van der Waals surface area (Å²) in [5, 5.41) is 11.6. The lowest BCUT2D eigenvalue weighted by atomic mass is 10.2. The highest BCUT2D eigenvalue weighted by Crippen LogP contribution is 2.29. The van der Waals surface area contributed by atoms with E-state index in [0.717, 1.165) is 10.4 Å². The number of rotatable bonds is 4. The Morgan fingerprint density at radius 3 is 2.46 bits per heavy atom. The van der Waals surface area contributed by atoms with Crippen molar-refractivity contribution in [3.05, 3.63) is 82.7 Å². The predicted molar refractivity (Wildman–Crippen MR) is 98.3 cm³/mol. The van der Waals surface area contributed by atoms with Gasteiger partial charge in [0.1, 0.15) is 23.3 Å². The fourth-order valence-corrected chi connectivity index (χ4v) is 3.20. The lowest BCUT2D eigenvalue weighted by Gasteiger charge is -2.04. The standard InChI is InChI=1S/C20H12F2N2OS/c21-15-7-5-13(6-8-15)19-10-9-16(26-19)11-14(12-23)20(25)24-18-4-2-1-3-17(18)22/h1-11H,(H,24,25)/b14-11+. The smallest absolute Gasteiger partial charge is 0.266 e. The number of para-hydroxylation sites is 1. The lowest BCUT2D eigenvalue weighted by Crippen LogP contribution is -2.14. The first kappa shape index (κ1) is 17.5. The van der Waals surface area contributed by atoms with Gasteiger partial charge in [0.05, 0.1) is 5.69 Å². The van der Waals surface area contributed by atoms with Crippen LogP contribution in [0.5, 0.6) is 0 Å². The molecule has 0 atom stereocenters. The van der Waals surface area contributed by atoms with E-state index in [2.05, 4.69) is 5.32 Å². The largest absolute Gasteiger partial charge is 0.319 e. The zero-order valence-corrected chi connectivity index (χ0v) is 14.2. The first-order valence-corrected chi connectivity index (χ1v) is 8.42. The third kappa shape index (κ3) is 4.02. The molecule has 128 valence electrons. The Morgan fingerprint density at radius 2 is 1.77 bits per heavy atom. The Balaban J connectivity index is 1.81. The van der Waals surface area contributed by atoms with Gasteiger partial charge in [0.15, 0.2) is 0 Å². The van der Waals surface area contributed by atoms with Gasteiger partial charge in [-0.15, -0.1) is 11.3 Å². The second-order valence-electron chi connectivity index (χ2n) is 5.31. The molecule has 1 heterocycles. The molecule has 6 heteroatoms. The monoisotopic (exact) mass is 366 g/mol. The van der Waals surface area contributed by atoms with Crippen molar-refractivity contribution in [2.75, 3.05) is 5.32 Å². The van der Waals surface area contributed by atoms with Crippen LogP contribution in [0.3, 0.4) is 0 Å². The van der Waals surface area contributed by atoms with Crippen molar-refractivity contribution in [1.82, 2.24) is 0 Å². The van der Waals surface area contributed by atoms with Crippen molar-refractivity contribution in [3.63, 3.8) is 0 Å². The molecule has 0 bridgehead atoms. The van der Waals surface area contributed by atoms with E-state index in [1.54, 1.807) is 24.3 Å². The van der Waals surface area contributed by atoms with Crippen molar-refractivity contribution in [3.8, 4) is 16.5 Å². The molecule has 0 saturated heterocycles. The highest BCUT2D eigenvalue weighted by Gasteiger charge is 2.12. The molecule has 0 fully saturated rings. The highest BCUT2D eigenvalue weighted by molar-refractivity contribution is 7.16. The van der Waals surface area contributed by atoms with E-state index in [-0.39, 0.29) is 17.1 Å². The quantitative estimate of drug-likeness (QED) is 0.507. The van der Waals surface area contributed by atoms with E-state index in [4.69, 9.17) is 0 Å². The first-order valence-electron chi connectivity index (χ1n) is 7.60. The van der Waals surface area contributed by atoms with Crippen LogP contribution >= 0.6 is 11.3 Å². The summed E-state index contributed by atoms with van der Waals surface area (Å²) in [4.78, 5) is 13.8. The summed E-state index contributed by atoms with van der Waals surface area (Å²) < 4.78 is 26.6. The number of hydrogen-bond acceptors (Lipinski definition) is 3. The van der Waals surface area contributed by atoms with Gasteiger partial charge in [0, 0.05) is 9.75 Å². The number of nitriles is 1. The molecule has 1 amide bonds. The molecule has 1 N–H and O–H groups in total. The van der Waals surface area contributed by atoms with Crippen molar-refractivity contribution in [1.29, 1.82) is 5.26 Å². The maximum absolute atomic E-state index is 13.6. The molecule has 0 aliphatic rings. The highest BCUT2D eigenvalue weighted by atomic mass is 32.1. The summed E-state index contributed by atoms with van der Waals surface area (Å²) in [7, 11) is 0. The molecule has 1 aromatic heterocycles. The molecular formula is C20H12F2N2OS. The third-order valence-electron chi connectivity index (χ3n) is 3.53. The Kier molecular flexibility index (Phi) is 5.20. The van der Waals surface area contributed by atoms with Gasteiger partial charge in [-0.1, -0.05) is 24.3 Å². The third-order valence-corrected chi connectivity index (χ3v) is 4.61. The molecule has 0 unspecified atom stereocenters. The lowest BCUT2D eigenvalue weighted by molar-refractivity contribution is -0.112. The van der Waals surface area contributed by atoms with Gasteiger partial charge in [-0.3, -0.25) is 4.79 Å². The van der Waals surface area contributed by atoms with Gasteiger partial charge in [0.25, 0.3) is 5.91 Å². The summed E-state index contributed by atoms with van der Waals surface area (Å²) in [6, 6.07) is 17.2. The van der Waals surface area contributed by atoms with Crippen LogP contribution < -0.4 is 5.32 Å². The minimum Gasteiger partial charge on any atom is -0.319 e. The van der Waals surface area contributed by atoms with Crippen LogP contribution in [0.4, 0.5) is 14.5 Å². The summed E-state index contributed by atoms with van der Waals surface area (Å²) in [6.45, 7) is 0. The Morgan fingerprint density at radius 1 is 1.04 bits per heavy atom. The van der Waals surface area contributed by atoms with Crippen LogP contribution in [-0.2, 0) is 4.79 Å². The summed E-state index contributed by atoms with van der Waals surface area (Å²) >= 11 is 1.36. The van der Waals surface area contributed by atoms with Crippen LogP contribution in [0.2, 0.25) is 0 Å². The minimum absolute atomic E-state index is 0.0110. The van der Waals surface area contributed by atoms with E-state index in [0.29, 0.717) is 4.88 Å². The van der Waals surface area contributed by atoms with Crippen LogP contribution in [-0.4, -0.2) is 5.91 Å². The normalized spacial score (nSPS) is 11.0. The molecule has 3 aromatic rings. The van der Waals surface area contributed by atoms with E-state index in [9.17, 15) is 18.8 Å². The molecule has 0 radical (unpaired) electrons. The van der Waals surface area contributed by atoms with Crippen LogP contribution in [0.15, 0.2) is 66.2 Å². The van der Waals surface area contributed by atoms with Gasteiger partial charge in [0.2, 0.25) is 0 Å². The average molecular weight is 366 g/mol. The van der Waals surface area contributed by atoms with Gasteiger partial charge in [-0.25, -0.2) is 8.78 Å². The summed E-state index contributed by atoms with van der Waals surface area (Å²) in [5.74, 6) is -1.58. The average Bonchev–Trinajstić information content (AvgIpc) is 3.10. The number of amides is 1. The zero-order valence-electron chi connectivity index (χ0n) is 13.4. The molecule has 0 aliphatic carbocycles. The number of halogens is 2. The van der Waals surface area contributed by atoms with Crippen LogP contribution in [0, 0.1) is 23.0 Å². The number of nitrogens with zero attached hydrogens (tertiary/aromatic N) is 1. The number of carbonyl (C=O) groups excluding carboxylic acids is 1. The topological polar surface area (TPSA) is 52.9 Å². The molecule has 0 spiro atoms. The second kappa shape index (κ2) is 7.72. The first-order chi connectivity index (χ1) is 12.6. The fraction of sp³-hybridized carbons (Fsp3) is 0. The minimum atomic E-state index is -0.686. The van der Waals surface area contributed by atoms with Crippen molar-refractivity contribution >= 4 is 29.0 Å². The number of nitrogens with one attached hydrogen (secondary N) is 1. The van der Waals surface area contributed by atoms with Crippen molar-refractivity contribution in [2.45, 2.75) is 0 Å². The summed E-state index contributed by atoms with van der Waals surface area (Å²) in [5.41, 5.74) is 0.711. The number of thiophene rings is 1. The van der Waals surface area contributed by atoms with Gasteiger partial charge in [-0.2, -0.15) is 5.26 Å². The van der Waals surface area contributed by atoms with E-state index in [1.165, 1.54) is 47.7 Å². The van der Waals surface area contributed by atoms with Crippen LogP contribution in [0.25, 0.3) is 16.5 Å². The number of benzene rings is 2. The molecule has 3 rings (SSSR count). The summed E-state index contributed by atoms with van der Waals surface area (Å²) in [6.07, 6.45) is 1.44. The fourth-order valence-electron chi connectivity index (χ4n) is 2.24. The van der Waals surface area contributed by atoms with Crippen molar-refractivity contribution in [2.24, 2.45) is 0 Å². The number of hydrogen-bond donors (Lipinski definition) is 1.